The summed E-state index contributed by atoms with van der Waals surface area (Å²) in [6.45, 7) is -0.393. The summed E-state index contributed by atoms with van der Waals surface area (Å²) in [5.41, 5.74) is 6.87. The molecule has 1 saturated carbocycles. The van der Waals surface area contributed by atoms with Crippen LogP contribution < -0.4 is 16.0 Å². The Hall–Kier alpha value is -3.35. The van der Waals surface area contributed by atoms with E-state index in [9.17, 15) is 14.4 Å². The molecule has 1 fully saturated rings. The number of urea groups is 1. The molecule has 2 aromatic carbocycles. The van der Waals surface area contributed by atoms with Crippen LogP contribution >= 0.6 is 0 Å². The fourth-order valence-electron chi connectivity index (χ4n) is 4.00. The van der Waals surface area contributed by atoms with Gasteiger partial charge in [0.1, 0.15) is 6.04 Å². The van der Waals surface area contributed by atoms with Crippen molar-refractivity contribution < 1.29 is 19.1 Å². The fraction of sp³-hybridized carbons (Fsp3) is 0.375. The van der Waals surface area contributed by atoms with Crippen LogP contribution in [0.15, 0.2) is 60.7 Å². The third kappa shape index (κ3) is 6.57. The van der Waals surface area contributed by atoms with Crippen LogP contribution in [0.4, 0.5) is 10.5 Å². The molecular weight excluding hydrogens is 394 g/mol. The number of primary amides is 1. The van der Waals surface area contributed by atoms with Gasteiger partial charge in [0.05, 0.1) is 0 Å². The summed E-state index contributed by atoms with van der Waals surface area (Å²) in [7, 11) is 0. The van der Waals surface area contributed by atoms with Gasteiger partial charge in [0.25, 0.3) is 5.91 Å². The van der Waals surface area contributed by atoms with E-state index in [0.717, 1.165) is 36.9 Å². The second kappa shape index (κ2) is 11.2. The molecule has 1 aliphatic rings. The van der Waals surface area contributed by atoms with Crippen LogP contribution in [0.3, 0.4) is 0 Å². The number of nitrogens with two attached hydrogens (primary N) is 1. The van der Waals surface area contributed by atoms with Crippen LogP contribution in [0.2, 0.25) is 0 Å². The molecule has 0 aliphatic heterocycles. The van der Waals surface area contributed by atoms with E-state index < -0.39 is 24.6 Å². The van der Waals surface area contributed by atoms with Crippen molar-refractivity contribution >= 4 is 23.6 Å². The number of amides is 3. The number of carbonyl (C=O) groups excluding carboxylic acids is 3. The number of nitrogens with one attached hydrogen (secondary N) is 1. The van der Waals surface area contributed by atoms with Crippen LogP contribution in [-0.4, -0.2) is 36.6 Å². The van der Waals surface area contributed by atoms with Crippen molar-refractivity contribution in [1.29, 1.82) is 0 Å². The first-order valence-corrected chi connectivity index (χ1v) is 10.7. The number of para-hydroxylation sites is 1. The molecule has 7 nitrogen and oxygen atoms in total. The summed E-state index contributed by atoms with van der Waals surface area (Å²) in [4.78, 5) is 38.9. The van der Waals surface area contributed by atoms with Gasteiger partial charge in [-0.1, -0.05) is 67.8 Å². The Morgan fingerprint density at radius 3 is 2.19 bits per heavy atom. The number of benzene rings is 2. The molecule has 164 valence electrons. The predicted molar refractivity (Wildman–Crippen MR) is 118 cm³/mol. The lowest BCUT2D eigenvalue weighted by Crippen LogP contribution is -2.48. The van der Waals surface area contributed by atoms with Gasteiger partial charge in [-0.15, -0.1) is 0 Å². The molecule has 0 saturated heterocycles. The van der Waals surface area contributed by atoms with Gasteiger partial charge in [-0.3, -0.25) is 4.79 Å². The maximum Gasteiger partial charge on any atom is 0.329 e. The molecule has 0 heterocycles. The van der Waals surface area contributed by atoms with Crippen molar-refractivity contribution in [1.82, 2.24) is 5.32 Å². The van der Waals surface area contributed by atoms with E-state index in [0.29, 0.717) is 0 Å². The van der Waals surface area contributed by atoms with E-state index in [4.69, 9.17) is 10.5 Å². The van der Waals surface area contributed by atoms with E-state index in [1.165, 1.54) is 6.42 Å². The quantitative estimate of drug-likeness (QED) is 0.637. The van der Waals surface area contributed by atoms with E-state index in [1.54, 1.807) is 4.90 Å². The van der Waals surface area contributed by atoms with Crippen molar-refractivity contribution in [3.05, 3.63) is 66.2 Å². The third-order valence-electron chi connectivity index (χ3n) is 5.46. The summed E-state index contributed by atoms with van der Waals surface area (Å²) in [5.74, 6) is -0.961. The normalized spacial score (nSPS) is 15.0. The highest BCUT2D eigenvalue weighted by Crippen LogP contribution is 2.27. The lowest BCUT2D eigenvalue weighted by molar-refractivity contribution is -0.149. The van der Waals surface area contributed by atoms with Crippen LogP contribution in [0, 0.1) is 0 Å². The molecule has 3 rings (SSSR count). The predicted octanol–water partition coefficient (Wildman–Crippen LogP) is 3.18. The summed E-state index contributed by atoms with van der Waals surface area (Å²) >= 11 is 0. The van der Waals surface area contributed by atoms with E-state index >= 15 is 0 Å². The summed E-state index contributed by atoms with van der Waals surface area (Å²) in [6, 6.07) is 17.0. The highest BCUT2D eigenvalue weighted by atomic mass is 16.5. The molecule has 3 N–H and O–H groups in total. The number of esters is 1. The van der Waals surface area contributed by atoms with Crippen molar-refractivity contribution in [3.63, 3.8) is 0 Å². The minimum atomic E-state index is -0.965. The Morgan fingerprint density at radius 1 is 0.968 bits per heavy atom. The fourth-order valence-corrected chi connectivity index (χ4v) is 4.00. The first kappa shape index (κ1) is 22.3. The minimum absolute atomic E-state index is 0.0891. The SMILES string of the molecule is NC(=O)N[C@@H](Cc1ccccc1)C(=O)OCC(=O)N(c1ccccc1)C1CCCCC1. The smallest absolute Gasteiger partial charge is 0.329 e. The van der Waals surface area contributed by atoms with E-state index in [-0.39, 0.29) is 18.4 Å². The van der Waals surface area contributed by atoms with Gasteiger partial charge >= 0.3 is 12.0 Å². The second-order valence-corrected chi connectivity index (χ2v) is 7.75. The molecule has 7 heteroatoms. The van der Waals surface area contributed by atoms with E-state index in [2.05, 4.69) is 5.32 Å². The van der Waals surface area contributed by atoms with Crippen LogP contribution in [0.1, 0.15) is 37.7 Å². The Bertz CT molecular complexity index is 867. The van der Waals surface area contributed by atoms with Crippen LogP contribution in [0.5, 0.6) is 0 Å². The average molecular weight is 424 g/mol. The largest absolute Gasteiger partial charge is 0.454 e. The summed E-state index contributed by atoms with van der Waals surface area (Å²) in [5, 5.41) is 2.42. The number of nitrogens with zero attached hydrogens (tertiary/aromatic N) is 1. The second-order valence-electron chi connectivity index (χ2n) is 7.75. The summed E-state index contributed by atoms with van der Waals surface area (Å²) < 4.78 is 5.33. The van der Waals surface area contributed by atoms with Crippen molar-refractivity contribution in [3.8, 4) is 0 Å². The minimum Gasteiger partial charge on any atom is -0.454 e. The molecular formula is C24H29N3O4. The van der Waals surface area contributed by atoms with Gasteiger partial charge in [0, 0.05) is 18.2 Å². The maximum atomic E-state index is 13.1. The first-order chi connectivity index (χ1) is 15.0. The number of hydrogen-bond donors (Lipinski definition) is 2. The zero-order chi connectivity index (χ0) is 22.1. The van der Waals surface area contributed by atoms with Gasteiger partial charge in [-0.25, -0.2) is 9.59 Å². The molecule has 0 radical (unpaired) electrons. The number of rotatable bonds is 8. The molecule has 0 unspecified atom stereocenters. The number of carbonyl (C=O) groups is 3. The molecule has 0 bridgehead atoms. The van der Waals surface area contributed by atoms with Gasteiger partial charge in [0.15, 0.2) is 6.61 Å². The Balaban J connectivity index is 1.67. The number of anilines is 1. The van der Waals surface area contributed by atoms with Crippen molar-refractivity contribution in [2.75, 3.05) is 11.5 Å². The van der Waals surface area contributed by atoms with Gasteiger partial charge in [-0.05, 0) is 30.5 Å². The maximum absolute atomic E-state index is 13.1. The standard InChI is InChI=1S/C24H29N3O4/c25-24(30)26-21(16-18-10-4-1-5-11-18)23(29)31-17-22(28)27(19-12-6-2-7-13-19)20-14-8-3-9-15-20/h1-2,4-7,10-13,20-21H,3,8-9,14-17H2,(H3,25,26,30)/t21-/m0/s1. The molecule has 2 aromatic rings. The first-order valence-electron chi connectivity index (χ1n) is 10.7. The Morgan fingerprint density at radius 2 is 1.58 bits per heavy atom. The van der Waals surface area contributed by atoms with Crippen molar-refractivity contribution in [2.24, 2.45) is 5.73 Å². The number of hydrogen-bond acceptors (Lipinski definition) is 4. The monoisotopic (exact) mass is 423 g/mol. The molecule has 0 spiro atoms. The Kier molecular flexibility index (Phi) is 8.04. The zero-order valence-electron chi connectivity index (χ0n) is 17.5. The molecule has 1 atom stereocenters. The summed E-state index contributed by atoms with van der Waals surface area (Å²) in [6.07, 6.45) is 5.39. The lowest BCUT2D eigenvalue weighted by atomic mass is 9.93. The Labute approximate surface area is 182 Å². The van der Waals surface area contributed by atoms with Crippen molar-refractivity contribution in [2.45, 2.75) is 50.6 Å². The third-order valence-corrected chi connectivity index (χ3v) is 5.46. The van der Waals surface area contributed by atoms with E-state index in [1.807, 2.05) is 60.7 Å². The van der Waals surface area contributed by atoms with Crippen LogP contribution in [-0.2, 0) is 20.7 Å². The average Bonchev–Trinajstić information content (AvgIpc) is 2.79. The highest BCUT2D eigenvalue weighted by molar-refractivity contribution is 5.96. The van der Waals surface area contributed by atoms with Gasteiger partial charge in [0.2, 0.25) is 0 Å². The van der Waals surface area contributed by atoms with Gasteiger partial charge < -0.3 is 20.7 Å². The number of ether oxygens (including phenoxy) is 1. The topological polar surface area (TPSA) is 102 Å². The molecule has 0 aromatic heterocycles. The molecule has 31 heavy (non-hydrogen) atoms. The lowest BCUT2D eigenvalue weighted by Gasteiger charge is -2.34. The molecule has 1 aliphatic carbocycles. The zero-order valence-corrected chi connectivity index (χ0v) is 17.5. The van der Waals surface area contributed by atoms with Gasteiger partial charge in [-0.2, -0.15) is 0 Å². The van der Waals surface area contributed by atoms with Crippen LogP contribution in [0.25, 0.3) is 0 Å². The highest BCUT2D eigenvalue weighted by Gasteiger charge is 2.29. The molecule has 3 amide bonds.